The van der Waals surface area contributed by atoms with Crippen LogP contribution < -0.4 is 5.32 Å². The zero-order chi connectivity index (χ0) is 25.7. The third-order valence-corrected chi connectivity index (χ3v) is 7.86. The van der Waals surface area contributed by atoms with E-state index in [1.54, 1.807) is 7.11 Å². The highest BCUT2D eigenvalue weighted by Gasteiger charge is 2.24. The number of allylic oxidation sites excluding steroid dienone is 6. The van der Waals surface area contributed by atoms with E-state index in [-0.39, 0.29) is 0 Å². The van der Waals surface area contributed by atoms with E-state index in [0.29, 0.717) is 17.9 Å². The summed E-state index contributed by atoms with van der Waals surface area (Å²) < 4.78 is 5.95. The quantitative estimate of drug-likeness (QED) is 0.431. The van der Waals surface area contributed by atoms with Crippen LogP contribution in [0.2, 0.25) is 0 Å². The number of hydrogen-bond donors (Lipinski definition) is 1. The van der Waals surface area contributed by atoms with E-state index >= 15 is 0 Å². The number of methoxy groups -OCH3 is 1. The Hall–Kier alpha value is -2.46. The number of hydrogen-bond acceptors (Lipinski definition) is 4. The van der Waals surface area contributed by atoms with Gasteiger partial charge >= 0.3 is 0 Å². The zero-order valence-corrected chi connectivity index (χ0v) is 23.3. The molecule has 1 N–H and O–H groups in total. The Kier molecular flexibility index (Phi) is 9.00. The highest BCUT2D eigenvalue weighted by Crippen LogP contribution is 2.38. The Balaban J connectivity index is 1.86. The second kappa shape index (κ2) is 12.2. The first-order valence-corrected chi connectivity index (χ1v) is 14.0. The molecule has 4 nitrogen and oxygen atoms in total. The number of amidine groups is 1. The molecule has 1 aromatic rings. The van der Waals surface area contributed by atoms with E-state index in [2.05, 4.69) is 63.4 Å². The van der Waals surface area contributed by atoms with Crippen molar-refractivity contribution in [2.24, 2.45) is 15.9 Å². The normalized spacial score (nSPS) is 24.8. The van der Waals surface area contributed by atoms with Crippen LogP contribution in [0.3, 0.4) is 0 Å². The Labute approximate surface area is 218 Å². The van der Waals surface area contributed by atoms with Crippen LogP contribution >= 0.6 is 0 Å². The van der Waals surface area contributed by atoms with Crippen LogP contribution in [0.5, 0.6) is 0 Å². The lowest BCUT2D eigenvalue weighted by Crippen LogP contribution is -2.26. The van der Waals surface area contributed by atoms with Crippen LogP contribution in [0.4, 0.5) is 0 Å². The van der Waals surface area contributed by atoms with Crippen molar-refractivity contribution in [2.75, 3.05) is 20.2 Å². The van der Waals surface area contributed by atoms with E-state index in [1.165, 1.54) is 46.3 Å². The van der Waals surface area contributed by atoms with E-state index < -0.39 is 0 Å². The summed E-state index contributed by atoms with van der Waals surface area (Å²) in [5.41, 5.74) is 9.58. The molecule has 2 aliphatic heterocycles. The fraction of sp³-hybridized carbons (Fsp3) is 0.562. The van der Waals surface area contributed by atoms with Crippen LogP contribution in [-0.2, 0) is 4.74 Å². The van der Waals surface area contributed by atoms with Crippen LogP contribution in [0, 0.1) is 12.8 Å². The number of nitrogens with one attached hydrogen (secondary N) is 1. The van der Waals surface area contributed by atoms with Gasteiger partial charge in [-0.05, 0) is 110 Å². The summed E-state index contributed by atoms with van der Waals surface area (Å²) in [5.74, 6) is 2.83. The van der Waals surface area contributed by atoms with Gasteiger partial charge in [0, 0.05) is 6.42 Å². The van der Waals surface area contributed by atoms with Gasteiger partial charge in [-0.1, -0.05) is 51.5 Å². The highest BCUT2D eigenvalue weighted by molar-refractivity contribution is 6.07. The SMILES string of the molecule is CCCC(/C1=C/CCC2CC(=NC(C)=N2)/C(OC)=C\1)=C(\c1cc(C2CCNCC2)ccc1C)C(C)C. The molecule has 36 heavy (non-hydrogen) atoms. The molecule has 194 valence electrons. The fourth-order valence-corrected chi connectivity index (χ4v) is 6.07. The highest BCUT2D eigenvalue weighted by atomic mass is 16.5. The van der Waals surface area contributed by atoms with Crippen LogP contribution in [-0.4, -0.2) is 37.8 Å². The minimum Gasteiger partial charge on any atom is -0.495 e. The summed E-state index contributed by atoms with van der Waals surface area (Å²) in [6, 6.07) is 7.53. The molecule has 1 unspecified atom stereocenters. The smallest absolute Gasteiger partial charge is 0.141 e. The van der Waals surface area contributed by atoms with Crippen LogP contribution in [0.25, 0.3) is 5.57 Å². The molecule has 4 rings (SSSR count). The number of aryl methyl sites for hydroxylation is 1. The molecular weight excluding hydrogens is 442 g/mol. The molecule has 0 saturated carbocycles. The van der Waals surface area contributed by atoms with Crippen molar-refractivity contribution in [3.05, 3.63) is 63.9 Å². The first-order valence-electron chi connectivity index (χ1n) is 14.0. The van der Waals surface area contributed by atoms with Crippen molar-refractivity contribution in [3.63, 3.8) is 0 Å². The summed E-state index contributed by atoms with van der Waals surface area (Å²) in [4.78, 5) is 9.58. The molecule has 1 atom stereocenters. The van der Waals surface area contributed by atoms with E-state index in [1.807, 2.05) is 6.92 Å². The maximum atomic E-state index is 5.95. The number of nitrogens with zero attached hydrogens (tertiary/aromatic N) is 2. The number of ether oxygens (including phenoxy) is 1. The standard InChI is InChI=1S/C32H45N3O/c1-7-9-28(26-10-8-11-27-20-30(31(19-26)36-6)35-23(5)34-27)32(21(2)3)29-18-25(13-12-22(29)4)24-14-16-33-17-15-24/h10,12-13,18-19,21,24,27,33H,7-9,11,14-17,20H2,1-6H3/b26-10+,31-19+,32-28+. The lowest BCUT2D eigenvalue weighted by molar-refractivity contribution is 0.313. The molecule has 2 bridgehead atoms. The molecule has 1 fully saturated rings. The van der Waals surface area contributed by atoms with Gasteiger partial charge < -0.3 is 10.1 Å². The molecule has 1 aliphatic carbocycles. The molecule has 4 heteroatoms. The summed E-state index contributed by atoms with van der Waals surface area (Å²) in [6.45, 7) is 13.5. The van der Waals surface area contributed by atoms with Gasteiger partial charge in [0.25, 0.3) is 0 Å². The number of benzene rings is 1. The van der Waals surface area contributed by atoms with E-state index in [9.17, 15) is 0 Å². The van der Waals surface area contributed by atoms with Gasteiger partial charge in [-0.3, -0.25) is 4.99 Å². The van der Waals surface area contributed by atoms with Gasteiger partial charge in [0.15, 0.2) is 0 Å². The average molecular weight is 488 g/mol. The van der Waals surface area contributed by atoms with Gasteiger partial charge in [0.05, 0.1) is 18.9 Å². The molecule has 0 radical (unpaired) electrons. The second-order valence-corrected chi connectivity index (χ2v) is 10.9. The minimum absolute atomic E-state index is 0.290. The second-order valence-electron chi connectivity index (χ2n) is 10.9. The maximum absolute atomic E-state index is 5.95. The monoisotopic (exact) mass is 487 g/mol. The topological polar surface area (TPSA) is 46.0 Å². The molecule has 0 spiro atoms. The minimum atomic E-state index is 0.290. The lowest BCUT2D eigenvalue weighted by Gasteiger charge is -2.26. The van der Waals surface area contributed by atoms with E-state index in [0.717, 1.165) is 62.5 Å². The number of piperidine rings is 1. The predicted molar refractivity (Wildman–Crippen MR) is 154 cm³/mol. The molecular formula is C32H45N3O. The van der Waals surface area contributed by atoms with Crippen molar-refractivity contribution < 1.29 is 4.74 Å². The van der Waals surface area contributed by atoms with Crippen LogP contribution in [0.15, 0.2) is 57.2 Å². The van der Waals surface area contributed by atoms with Gasteiger partial charge in [-0.15, -0.1) is 0 Å². The lowest BCUT2D eigenvalue weighted by atomic mass is 9.80. The zero-order valence-electron chi connectivity index (χ0n) is 23.3. The van der Waals surface area contributed by atoms with E-state index in [4.69, 9.17) is 14.7 Å². The molecule has 2 heterocycles. The number of rotatable bonds is 7. The number of aliphatic imine (C=N–C) groups is 2. The Morgan fingerprint density at radius 3 is 2.61 bits per heavy atom. The van der Waals surface area contributed by atoms with Crippen molar-refractivity contribution in [1.82, 2.24) is 5.32 Å². The summed E-state index contributed by atoms with van der Waals surface area (Å²) >= 11 is 0. The van der Waals surface area contributed by atoms with Gasteiger partial charge in [-0.25, -0.2) is 4.99 Å². The fourth-order valence-electron chi connectivity index (χ4n) is 6.07. The van der Waals surface area contributed by atoms with Crippen LogP contribution in [0.1, 0.15) is 95.2 Å². The first kappa shape index (κ1) is 26.6. The summed E-state index contributed by atoms with van der Waals surface area (Å²) in [6.07, 6.45) is 12.2. The molecule has 0 aromatic heterocycles. The van der Waals surface area contributed by atoms with Gasteiger partial charge in [-0.2, -0.15) is 0 Å². The molecule has 0 amide bonds. The van der Waals surface area contributed by atoms with Gasteiger partial charge in [0.2, 0.25) is 0 Å². The molecule has 1 aromatic carbocycles. The van der Waals surface area contributed by atoms with Crippen molar-refractivity contribution in [3.8, 4) is 0 Å². The van der Waals surface area contributed by atoms with Crippen molar-refractivity contribution in [2.45, 2.75) is 91.5 Å². The Morgan fingerprint density at radius 1 is 1.14 bits per heavy atom. The summed E-state index contributed by atoms with van der Waals surface area (Å²) in [5, 5.41) is 3.52. The maximum Gasteiger partial charge on any atom is 0.141 e. The average Bonchev–Trinajstić information content (AvgIpc) is 2.92. The Morgan fingerprint density at radius 2 is 1.92 bits per heavy atom. The summed E-state index contributed by atoms with van der Waals surface area (Å²) in [7, 11) is 1.78. The van der Waals surface area contributed by atoms with Crippen molar-refractivity contribution in [1.29, 1.82) is 0 Å². The molecule has 1 saturated heterocycles. The van der Waals surface area contributed by atoms with Gasteiger partial charge in [0.1, 0.15) is 11.6 Å². The van der Waals surface area contributed by atoms with Crippen molar-refractivity contribution >= 4 is 17.1 Å². The first-order chi connectivity index (χ1) is 17.4. The largest absolute Gasteiger partial charge is 0.495 e. The molecule has 3 aliphatic rings. The third-order valence-electron chi connectivity index (χ3n) is 7.86. The predicted octanol–water partition coefficient (Wildman–Crippen LogP) is 7.55. The Bertz CT molecular complexity index is 1100. The third kappa shape index (κ3) is 6.08. The number of fused-ring (bicyclic) bond motifs is 2.